The van der Waals surface area contributed by atoms with Gasteiger partial charge in [0.1, 0.15) is 11.5 Å². The van der Waals surface area contributed by atoms with Crippen molar-refractivity contribution in [2.45, 2.75) is 12.2 Å². The number of carbonyl (C=O) groups excluding carboxylic acids is 1. The molecule has 0 aromatic heterocycles. The van der Waals surface area contributed by atoms with Crippen LogP contribution in [0.15, 0.2) is 40.9 Å². The van der Waals surface area contributed by atoms with E-state index in [9.17, 15) is 22.0 Å². The minimum absolute atomic E-state index is 0.212. The number of nitrogens with zero attached hydrogens (tertiary/aromatic N) is 2. The lowest BCUT2D eigenvalue weighted by molar-refractivity contribution is -0.135. The number of ether oxygens (including phenoxy) is 1. The van der Waals surface area contributed by atoms with E-state index in [0.717, 1.165) is 6.07 Å². The van der Waals surface area contributed by atoms with Crippen molar-refractivity contribution >= 4 is 32.0 Å². The minimum Gasteiger partial charge on any atom is -0.483 e. The zero-order valence-corrected chi connectivity index (χ0v) is 19.5. The smallest absolute Gasteiger partial charge is 0.269 e. The molecule has 0 atom stereocenters. The first-order valence-corrected chi connectivity index (χ1v) is 12.3. The van der Waals surface area contributed by atoms with Gasteiger partial charge in [-0.1, -0.05) is 22.0 Å². The maximum atomic E-state index is 13.3. The Morgan fingerprint density at radius 2 is 1.78 bits per heavy atom. The summed E-state index contributed by atoms with van der Waals surface area (Å²) >= 11 is 3.24. The number of piperazine rings is 1. The van der Waals surface area contributed by atoms with E-state index in [1.165, 1.54) is 18.2 Å². The summed E-state index contributed by atoms with van der Waals surface area (Å²) in [5, 5.41) is 0. The molecule has 1 N–H and O–H groups in total. The molecule has 0 spiro atoms. The average Bonchev–Trinajstić information content (AvgIpc) is 2.73. The van der Waals surface area contributed by atoms with E-state index < -0.39 is 27.5 Å². The molecular weight excluding hydrogens is 510 g/mol. The molecule has 0 unspecified atom stereocenters. The molecule has 2 aromatic carbocycles. The van der Waals surface area contributed by atoms with Gasteiger partial charge in [0.25, 0.3) is 16.0 Å². The van der Waals surface area contributed by atoms with Gasteiger partial charge in [-0.15, -0.1) is 0 Å². The summed E-state index contributed by atoms with van der Waals surface area (Å²) in [5.41, 5.74) is 0.961. The first-order chi connectivity index (χ1) is 15.1. The Bertz CT molecular complexity index is 1080. The molecule has 7 nitrogen and oxygen atoms in total. The van der Waals surface area contributed by atoms with E-state index >= 15 is 0 Å². The molecule has 0 bridgehead atoms. The SMILES string of the molecule is O=C(COc1ccc(Br)cc1CS(=O)(=O)O)N1CCN(CCc2ccc(F)c(F)c2)CC1. The van der Waals surface area contributed by atoms with E-state index in [2.05, 4.69) is 20.8 Å². The van der Waals surface area contributed by atoms with Crippen LogP contribution in [0, 0.1) is 11.6 Å². The summed E-state index contributed by atoms with van der Waals surface area (Å²) in [6.45, 7) is 2.69. The normalized spacial score (nSPS) is 15.1. The van der Waals surface area contributed by atoms with Crippen molar-refractivity contribution in [3.63, 3.8) is 0 Å². The summed E-state index contributed by atoms with van der Waals surface area (Å²) in [5.74, 6) is -2.36. The lowest BCUT2D eigenvalue weighted by atomic mass is 10.1. The van der Waals surface area contributed by atoms with Gasteiger partial charge in [0, 0.05) is 42.8 Å². The van der Waals surface area contributed by atoms with Crippen LogP contribution in [-0.4, -0.2) is 68.0 Å². The second-order valence-electron chi connectivity index (χ2n) is 7.49. The third-order valence-electron chi connectivity index (χ3n) is 5.14. The highest BCUT2D eigenvalue weighted by molar-refractivity contribution is 9.10. The number of amides is 1. The van der Waals surface area contributed by atoms with Gasteiger partial charge in [-0.3, -0.25) is 14.2 Å². The van der Waals surface area contributed by atoms with Crippen LogP contribution in [0.1, 0.15) is 11.1 Å². The lowest BCUT2D eigenvalue weighted by Gasteiger charge is -2.34. The van der Waals surface area contributed by atoms with Gasteiger partial charge >= 0.3 is 0 Å². The van der Waals surface area contributed by atoms with E-state index in [0.29, 0.717) is 49.2 Å². The number of rotatable bonds is 8. The topological polar surface area (TPSA) is 87.1 Å². The number of hydrogen-bond acceptors (Lipinski definition) is 5. The minimum atomic E-state index is -4.25. The van der Waals surface area contributed by atoms with Crippen LogP contribution >= 0.6 is 15.9 Å². The maximum absolute atomic E-state index is 13.3. The fraction of sp³-hybridized carbons (Fsp3) is 0.381. The van der Waals surface area contributed by atoms with Crippen molar-refractivity contribution in [1.82, 2.24) is 9.80 Å². The second-order valence-corrected chi connectivity index (χ2v) is 9.86. The zero-order valence-electron chi connectivity index (χ0n) is 17.1. The van der Waals surface area contributed by atoms with Gasteiger partial charge in [0.05, 0.1) is 0 Å². The summed E-state index contributed by atoms with van der Waals surface area (Å²) < 4.78 is 64.1. The van der Waals surface area contributed by atoms with Crippen LogP contribution in [0.3, 0.4) is 0 Å². The molecule has 1 saturated heterocycles. The molecule has 1 heterocycles. The Kier molecular flexibility index (Phi) is 8.21. The fourth-order valence-corrected chi connectivity index (χ4v) is 4.46. The van der Waals surface area contributed by atoms with Crippen molar-refractivity contribution in [1.29, 1.82) is 0 Å². The molecule has 0 radical (unpaired) electrons. The first kappa shape index (κ1) is 24.6. The van der Waals surface area contributed by atoms with Crippen molar-refractivity contribution in [2.75, 3.05) is 39.3 Å². The first-order valence-electron chi connectivity index (χ1n) is 9.91. The Morgan fingerprint density at radius 3 is 2.44 bits per heavy atom. The van der Waals surface area contributed by atoms with Crippen LogP contribution in [-0.2, 0) is 27.1 Å². The predicted octanol–water partition coefficient (Wildman–Crippen LogP) is 2.88. The average molecular weight is 533 g/mol. The lowest BCUT2D eigenvalue weighted by Crippen LogP contribution is -2.50. The van der Waals surface area contributed by atoms with Crippen molar-refractivity contribution in [3.8, 4) is 5.75 Å². The largest absolute Gasteiger partial charge is 0.483 e. The molecular formula is C21H23BrF2N2O5S. The van der Waals surface area contributed by atoms with E-state index in [1.807, 2.05) is 0 Å². The molecule has 1 aliphatic heterocycles. The molecule has 0 aliphatic carbocycles. The van der Waals surface area contributed by atoms with E-state index in [4.69, 9.17) is 9.29 Å². The van der Waals surface area contributed by atoms with Gasteiger partial charge in [-0.25, -0.2) is 8.78 Å². The Morgan fingerprint density at radius 1 is 1.06 bits per heavy atom. The van der Waals surface area contributed by atoms with Gasteiger partial charge in [-0.2, -0.15) is 8.42 Å². The molecule has 3 rings (SSSR count). The molecule has 0 saturated carbocycles. The summed E-state index contributed by atoms with van der Waals surface area (Å²) in [4.78, 5) is 16.3. The predicted molar refractivity (Wildman–Crippen MR) is 118 cm³/mol. The van der Waals surface area contributed by atoms with Gasteiger partial charge in [-0.05, 0) is 42.3 Å². The number of hydrogen-bond donors (Lipinski definition) is 1. The zero-order chi connectivity index (χ0) is 23.3. The molecule has 1 fully saturated rings. The highest BCUT2D eigenvalue weighted by atomic mass is 79.9. The second kappa shape index (κ2) is 10.7. The van der Waals surface area contributed by atoms with Crippen LogP contribution < -0.4 is 4.74 Å². The maximum Gasteiger partial charge on any atom is 0.269 e. The van der Waals surface area contributed by atoms with Crippen LogP contribution in [0.4, 0.5) is 8.78 Å². The van der Waals surface area contributed by atoms with Crippen molar-refractivity contribution in [3.05, 3.63) is 63.6 Å². The van der Waals surface area contributed by atoms with Crippen LogP contribution in [0.2, 0.25) is 0 Å². The molecule has 1 amide bonds. The van der Waals surface area contributed by atoms with Gasteiger partial charge in [0.2, 0.25) is 0 Å². The monoisotopic (exact) mass is 532 g/mol. The summed E-state index contributed by atoms with van der Waals surface area (Å²) in [7, 11) is -4.25. The third-order valence-corrected chi connectivity index (χ3v) is 6.31. The highest BCUT2D eigenvalue weighted by Crippen LogP contribution is 2.25. The van der Waals surface area contributed by atoms with Crippen molar-refractivity contribution in [2.24, 2.45) is 0 Å². The molecule has 1 aliphatic rings. The van der Waals surface area contributed by atoms with E-state index in [-0.39, 0.29) is 23.8 Å². The standard InChI is InChI=1S/C21H23BrF2N2O5S/c22-17-2-4-20(16(12-17)14-32(28,29)30)31-13-21(27)26-9-7-25(8-10-26)6-5-15-1-3-18(23)19(24)11-15/h1-4,11-12H,5-10,13-14H2,(H,28,29,30). The van der Waals surface area contributed by atoms with Crippen molar-refractivity contribution < 1.29 is 31.3 Å². The Balaban J connectivity index is 1.47. The van der Waals surface area contributed by atoms with Gasteiger partial charge < -0.3 is 9.64 Å². The quantitative estimate of drug-likeness (QED) is 0.526. The Hall–Kier alpha value is -2.08. The number of carbonyl (C=O) groups is 1. The highest BCUT2D eigenvalue weighted by Gasteiger charge is 2.22. The molecule has 2 aromatic rings. The number of benzene rings is 2. The molecule has 11 heteroatoms. The summed E-state index contributed by atoms with van der Waals surface area (Å²) in [6, 6.07) is 8.58. The summed E-state index contributed by atoms with van der Waals surface area (Å²) in [6.07, 6.45) is 0.578. The van der Waals surface area contributed by atoms with Crippen LogP contribution in [0.5, 0.6) is 5.75 Å². The third kappa shape index (κ3) is 7.22. The Labute approximate surface area is 193 Å². The molecule has 32 heavy (non-hydrogen) atoms. The fourth-order valence-electron chi connectivity index (χ4n) is 3.43. The molecule has 174 valence electrons. The van der Waals surface area contributed by atoms with Crippen LogP contribution in [0.25, 0.3) is 0 Å². The van der Waals surface area contributed by atoms with E-state index in [1.54, 1.807) is 17.0 Å². The van der Waals surface area contributed by atoms with Gasteiger partial charge in [0.15, 0.2) is 18.2 Å². The number of halogens is 3.